The van der Waals surface area contributed by atoms with Gasteiger partial charge in [-0.15, -0.1) is 0 Å². The Morgan fingerprint density at radius 1 is 0.474 bits per heavy atom. The highest BCUT2D eigenvalue weighted by molar-refractivity contribution is 6.11. The van der Waals surface area contributed by atoms with Crippen LogP contribution in [0.4, 0.5) is 0 Å². The molecule has 0 aliphatic heterocycles. The molecule has 5 aromatic heterocycles. The van der Waals surface area contributed by atoms with E-state index in [1.54, 1.807) is 6.20 Å². The van der Waals surface area contributed by atoms with E-state index in [1.807, 2.05) is 42.7 Å². The van der Waals surface area contributed by atoms with E-state index < -0.39 is 0 Å². The lowest BCUT2D eigenvalue weighted by atomic mass is 10.1. The average Bonchev–Trinajstić information content (AvgIpc) is 3.49. The molecule has 0 spiro atoms. The molecular formula is C32H20N6. The third-order valence-corrected chi connectivity index (χ3v) is 7.07. The summed E-state index contributed by atoms with van der Waals surface area (Å²) in [4.78, 5) is 19.5. The molecule has 0 atom stereocenters. The molecule has 0 saturated carbocycles. The van der Waals surface area contributed by atoms with E-state index >= 15 is 0 Å². The Bertz CT molecular complexity index is 2110. The summed E-state index contributed by atoms with van der Waals surface area (Å²) in [5, 5.41) is 1.07. The van der Waals surface area contributed by atoms with Crippen LogP contribution in [-0.4, -0.2) is 29.1 Å². The van der Waals surface area contributed by atoms with Crippen molar-refractivity contribution in [3.63, 3.8) is 0 Å². The Hall–Kier alpha value is -5.36. The van der Waals surface area contributed by atoms with E-state index in [2.05, 4.69) is 86.9 Å². The minimum absolute atomic E-state index is 0.782. The molecule has 0 amide bonds. The molecule has 0 unspecified atom stereocenters. The summed E-state index contributed by atoms with van der Waals surface area (Å²) in [6, 6.07) is 35.2. The Kier molecular flexibility index (Phi) is 4.42. The first-order valence-corrected chi connectivity index (χ1v) is 12.5. The van der Waals surface area contributed by atoms with Crippen LogP contribution in [0.25, 0.3) is 66.8 Å². The minimum atomic E-state index is 0.782. The van der Waals surface area contributed by atoms with Crippen LogP contribution in [-0.2, 0) is 0 Å². The second-order valence-electron chi connectivity index (χ2n) is 9.25. The van der Waals surface area contributed by atoms with Crippen LogP contribution in [0.15, 0.2) is 122 Å². The zero-order chi connectivity index (χ0) is 25.1. The van der Waals surface area contributed by atoms with Gasteiger partial charge in [-0.2, -0.15) is 0 Å². The van der Waals surface area contributed by atoms with Gasteiger partial charge in [0.1, 0.15) is 16.6 Å². The SMILES string of the molecule is c1ccc(-n2c3ccccc3c3nc4c(nc32)c2ncccc2n4-c2ccc(-c3cccnc3)cc2)cc1. The van der Waals surface area contributed by atoms with Gasteiger partial charge in [0, 0.05) is 35.4 Å². The van der Waals surface area contributed by atoms with Crippen LogP contribution < -0.4 is 0 Å². The summed E-state index contributed by atoms with van der Waals surface area (Å²) < 4.78 is 4.34. The summed E-state index contributed by atoms with van der Waals surface area (Å²) in [6.45, 7) is 0. The van der Waals surface area contributed by atoms with Crippen LogP contribution in [0.3, 0.4) is 0 Å². The Morgan fingerprint density at radius 3 is 2.00 bits per heavy atom. The van der Waals surface area contributed by atoms with Gasteiger partial charge in [-0.25, -0.2) is 9.97 Å². The number of hydrogen-bond donors (Lipinski definition) is 0. The summed E-state index contributed by atoms with van der Waals surface area (Å²) in [6.07, 6.45) is 5.48. The number of hydrogen-bond acceptors (Lipinski definition) is 4. The molecule has 3 aromatic carbocycles. The Labute approximate surface area is 217 Å². The molecule has 6 nitrogen and oxygen atoms in total. The molecule has 0 bridgehead atoms. The molecule has 38 heavy (non-hydrogen) atoms. The highest BCUT2D eigenvalue weighted by Crippen LogP contribution is 2.35. The van der Waals surface area contributed by atoms with Crippen molar-refractivity contribution in [1.82, 2.24) is 29.1 Å². The van der Waals surface area contributed by atoms with E-state index in [1.165, 1.54) is 0 Å². The Balaban J connectivity index is 1.44. The largest absolute Gasteiger partial charge is 0.293 e. The third-order valence-electron chi connectivity index (χ3n) is 7.07. The quantitative estimate of drug-likeness (QED) is 0.265. The van der Waals surface area contributed by atoms with Crippen molar-refractivity contribution < 1.29 is 0 Å². The maximum absolute atomic E-state index is 5.28. The zero-order valence-corrected chi connectivity index (χ0v) is 20.2. The molecule has 178 valence electrons. The lowest BCUT2D eigenvalue weighted by molar-refractivity contribution is 1.12. The number of benzene rings is 3. The first-order valence-electron chi connectivity index (χ1n) is 12.5. The summed E-state index contributed by atoms with van der Waals surface area (Å²) in [7, 11) is 0. The maximum Gasteiger partial charge on any atom is 0.166 e. The number of pyridine rings is 2. The molecule has 6 heteroatoms. The van der Waals surface area contributed by atoms with Crippen LogP contribution in [0.5, 0.6) is 0 Å². The van der Waals surface area contributed by atoms with E-state index in [-0.39, 0.29) is 0 Å². The minimum Gasteiger partial charge on any atom is -0.293 e. The van der Waals surface area contributed by atoms with Gasteiger partial charge in [0.05, 0.1) is 11.0 Å². The van der Waals surface area contributed by atoms with Crippen LogP contribution in [0.1, 0.15) is 0 Å². The molecule has 0 N–H and O–H groups in total. The predicted molar refractivity (Wildman–Crippen MR) is 152 cm³/mol. The predicted octanol–water partition coefficient (Wildman–Crippen LogP) is 7.13. The van der Waals surface area contributed by atoms with Gasteiger partial charge < -0.3 is 0 Å². The standard InChI is InChI=1S/C32H20N6/c1-2-9-23(10-3-1)37-26-12-5-4-11-25(26)28-31(37)36-30-29-27(13-7-19-34-29)38(32(30)35-28)24-16-14-21(15-17-24)22-8-6-18-33-20-22/h1-20H. The Morgan fingerprint density at radius 2 is 1.16 bits per heavy atom. The van der Waals surface area contributed by atoms with Gasteiger partial charge in [0.25, 0.3) is 0 Å². The van der Waals surface area contributed by atoms with Crippen molar-refractivity contribution in [3.05, 3.63) is 122 Å². The smallest absolute Gasteiger partial charge is 0.166 e. The molecule has 0 aliphatic carbocycles. The van der Waals surface area contributed by atoms with Crippen molar-refractivity contribution >= 4 is 44.3 Å². The molecule has 0 radical (unpaired) electrons. The topological polar surface area (TPSA) is 61.4 Å². The van der Waals surface area contributed by atoms with Gasteiger partial charge in [0.15, 0.2) is 11.3 Å². The third kappa shape index (κ3) is 3.01. The summed E-state index contributed by atoms with van der Waals surface area (Å²) in [5.74, 6) is 0. The van der Waals surface area contributed by atoms with Gasteiger partial charge in [-0.3, -0.25) is 19.1 Å². The van der Waals surface area contributed by atoms with Gasteiger partial charge in [-0.1, -0.05) is 54.6 Å². The second kappa shape index (κ2) is 8.08. The molecule has 0 saturated heterocycles. The first kappa shape index (κ1) is 20.8. The monoisotopic (exact) mass is 488 g/mol. The number of nitrogens with zero attached hydrogens (tertiary/aromatic N) is 6. The van der Waals surface area contributed by atoms with Crippen LogP contribution in [0.2, 0.25) is 0 Å². The average molecular weight is 489 g/mol. The molecule has 0 aliphatic rings. The molecule has 0 fully saturated rings. The molecule has 8 aromatic rings. The van der Waals surface area contributed by atoms with Gasteiger partial charge in [0.2, 0.25) is 0 Å². The number of rotatable bonds is 3. The van der Waals surface area contributed by atoms with Gasteiger partial charge in [-0.05, 0) is 59.7 Å². The van der Waals surface area contributed by atoms with Crippen molar-refractivity contribution in [1.29, 1.82) is 0 Å². The number of fused-ring (bicyclic) bond motifs is 6. The number of para-hydroxylation sites is 2. The van der Waals surface area contributed by atoms with Crippen LogP contribution >= 0.6 is 0 Å². The van der Waals surface area contributed by atoms with E-state index in [4.69, 9.17) is 15.0 Å². The second-order valence-corrected chi connectivity index (χ2v) is 9.25. The summed E-state index contributed by atoms with van der Waals surface area (Å²) in [5.41, 5.74) is 10.4. The number of aromatic nitrogens is 6. The van der Waals surface area contributed by atoms with Crippen molar-refractivity contribution in [3.8, 4) is 22.5 Å². The lowest BCUT2D eigenvalue weighted by Gasteiger charge is -2.09. The highest BCUT2D eigenvalue weighted by Gasteiger charge is 2.21. The zero-order valence-electron chi connectivity index (χ0n) is 20.2. The molecule has 5 heterocycles. The molecule has 8 rings (SSSR count). The van der Waals surface area contributed by atoms with Crippen molar-refractivity contribution in [2.75, 3.05) is 0 Å². The maximum atomic E-state index is 5.28. The summed E-state index contributed by atoms with van der Waals surface area (Å²) >= 11 is 0. The highest BCUT2D eigenvalue weighted by atomic mass is 15.1. The van der Waals surface area contributed by atoms with Crippen molar-refractivity contribution in [2.45, 2.75) is 0 Å². The fourth-order valence-corrected chi connectivity index (χ4v) is 5.36. The molecular weight excluding hydrogens is 468 g/mol. The lowest BCUT2D eigenvalue weighted by Crippen LogP contribution is -1.98. The first-order chi connectivity index (χ1) is 18.9. The fraction of sp³-hybridized carbons (Fsp3) is 0. The van der Waals surface area contributed by atoms with E-state index in [0.717, 1.165) is 66.8 Å². The normalized spacial score (nSPS) is 11.7. The fourth-order valence-electron chi connectivity index (χ4n) is 5.36. The van der Waals surface area contributed by atoms with Crippen molar-refractivity contribution in [2.24, 2.45) is 0 Å². The van der Waals surface area contributed by atoms with Gasteiger partial charge >= 0.3 is 0 Å². The van der Waals surface area contributed by atoms with E-state index in [0.29, 0.717) is 0 Å². The van der Waals surface area contributed by atoms with Crippen LogP contribution in [0, 0.1) is 0 Å². The van der Waals surface area contributed by atoms with E-state index in [9.17, 15) is 0 Å².